The molecule has 24 heavy (non-hydrogen) atoms. The molecule has 128 valence electrons. The van der Waals surface area contributed by atoms with Gasteiger partial charge in [0.15, 0.2) is 0 Å². The van der Waals surface area contributed by atoms with Crippen LogP contribution >= 0.6 is 12.8 Å². The lowest BCUT2D eigenvalue weighted by molar-refractivity contribution is -0.136. The van der Waals surface area contributed by atoms with Crippen LogP contribution < -0.4 is 10.0 Å². The normalized spacial score (nSPS) is 17.4. The summed E-state index contributed by atoms with van der Waals surface area (Å²) in [6.45, 7) is 7.86. The highest BCUT2D eigenvalue weighted by Gasteiger charge is 2.35. The standard InChI is InChI=1S/C17H21N3O3S/c1-10(2)20(14-6-7-15(21)19-16(14)22)17(23)13-8-12(9-18-24)5-4-11(13)3/h4-5,8,14,18,24H,1,6-7,9H2,2-3H3,(H,19,21,22)/t14-/m0/s1. The van der Waals surface area contributed by atoms with E-state index in [1.807, 2.05) is 19.1 Å². The molecule has 1 aliphatic heterocycles. The lowest BCUT2D eigenvalue weighted by Gasteiger charge is -2.33. The predicted molar refractivity (Wildman–Crippen MR) is 94.2 cm³/mol. The Hall–Kier alpha value is -2.12. The van der Waals surface area contributed by atoms with Gasteiger partial charge in [-0.15, -0.1) is 0 Å². The topological polar surface area (TPSA) is 78.5 Å². The molecule has 1 atom stereocenters. The third-order valence-corrected chi connectivity index (χ3v) is 4.13. The molecular formula is C17H21N3O3S. The minimum absolute atomic E-state index is 0.204. The number of benzene rings is 1. The molecule has 1 aromatic carbocycles. The smallest absolute Gasteiger partial charge is 0.259 e. The number of piperidine rings is 1. The molecule has 0 aromatic heterocycles. The van der Waals surface area contributed by atoms with Gasteiger partial charge in [-0.05, 0) is 37.5 Å². The maximum atomic E-state index is 13.1. The summed E-state index contributed by atoms with van der Waals surface area (Å²) < 4.78 is 2.75. The van der Waals surface area contributed by atoms with E-state index in [1.165, 1.54) is 4.90 Å². The van der Waals surface area contributed by atoms with E-state index in [9.17, 15) is 14.4 Å². The van der Waals surface area contributed by atoms with E-state index in [4.69, 9.17) is 0 Å². The summed E-state index contributed by atoms with van der Waals surface area (Å²) in [5, 5.41) is 2.28. The van der Waals surface area contributed by atoms with Crippen molar-refractivity contribution in [2.45, 2.75) is 39.3 Å². The molecule has 1 fully saturated rings. The van der Waals surface area contributed by atoms with Gasteiger partial charge in [0.05, 0.1) is 0 Å². The molecule has 0 bridgehead atoms. The number of rotatable bonds is 5. The van der Waals surface area contributed by atoms with Crippen LogP contribution in [0.1, 0.15) is 41.3 Å². The first kappa shape index (κ1) is 18.2. The molecule has 0 radical (unpaired) electrons. The molecule has 1 heterocycles. The van der Waals surface area contributed by atoms with Crippen LogP contribution in [-0.4, -0.2) is 28.7 Å². The van der Waals surface area contributed by atoms with Gasteiger partial charge in [-0.3, -0.25) is 24.4 Å². The van der Waals surface area contributed by atoms with Gasteiger partial charge in [-0.1, -0.05) is 31.5 Å². The van der Waals surface area contributed by atoms with E-state index >= 15 is 0 Å². The molecule has 6 nitrogen and oxygen atoms in total. The Morgan fingerprint density at radius 2 is 2.17 bits per heavy atom. The van der Waals surface area contributed by atoms with Crippen molar-refractivity contribution in [2.75, 3.05) is 0 Å². The third kappa shape index (κ3) is 3.85. The Balaban J connectivity index is 2.36. The zero-order chi connectivity index (χ0) is 17.9. The van der Waals surface area contributed by atoms with Crippen molar-refractivity contribution in [2.24, 2.45) is 0 Å². The monoisotopic (exact) mass is 347 g/mol. The fourth-order valence-corrected chi connectivity index (χ4v) is 2.92. The Bertz CT molecular complexity index is 702. The van der Waals surface area contributed by atoms with Gasteiger partial charge < -0.3 is 4.90 Å². The zero-order valence-electron chi connectivity index (χ0n) is 13.8. The molecule has 0 spiro atoms. The molecule has 2 rings (SSSR count). The van der Waals surface area contributed by atoms with E-state index in [1.54, 1.807) is 13.0 Å². The number of aryl methyl sites for hydroxylation is 1. The van der Waals surface area contributed by atoms with Crippen molar-refractivity contribution in [1.82, 2.24) is 14.9 Å². The van der Waals surface area contributed by atoms with Crippen LogP contribution in [0.3, 0.4) is 0 Å². The van der Waals surface area contributed by atoms with Crippen LogP contribution in [0.2, 0.25) is 0 Å². The highest BCUT2D eigenvalue weighted by molar-refractivity contribution is 7.78. The second-order valence-corrected chi connectivity index (χ2v) is 6.18. The highest BCUT2D eigenvalue weighted by atomic mass is 32.1. The fraction of sp³-hybridized carbons (Fsp3) is 0.353. The van der Waals surface area contributed by atoms with Crippen molar-refractivity contribution < 1.29 is 14.4 Å². The van der Waals surface area contributed by atoms with Crippen molar-refractivity contribution in [3.8, 4) is 0 Å². The fourth-order valence-electron chi connectivity index (χ4n) is 2.74. The largest absolute Gasteiger partial charge is 0.301 e. The van der Waals surface area contributed by atoms with Gasteiger partial charge in [0.2, 0.25) is 11.8 Å². The lowest BCUT2D eigenvalue weighted by Crippen LogP contribution is -2.53. The van der Waals surface area contributed by atoms with Gasteiger partial charge in [-0.2, -0.15) is 0 Å². The summed E-state index contributed by atoms with van der Waals surface area (Å²) in [7, 11) is 0. The Morgan fingerprint density at radius 3 is 2.75 bits per heavy atom. The van der Waals surface area contributed by atoms with Crippen molar-refractivity contribution >= 4 is 30.5 Å². The maximum absolute atomic E-state index is 13.1. The Labute approximate surface area is 146 Å². The molecule has 3 amide bonds. The summed E-state index contributed by atoms with van der Waals surface area (Å²) in [6, 6.07) is 4.82. The first-order chi connectivity index (χ1) is 11.3. The van der Waals surface area contributed by atoms with Crippen LogP contribution in [0.5, 0.6) is 0 Å². The van der Waals surface area contributed by atoms with E-state index < -0.39 is 11.9 Å². The molecule has 1 aromatic rings. The van der Waals surface area contributed by atoms with Gasteiger partial charge in [0, 0.05) is 24.2 Å². The molecule has 2 N–H and O–H groups in total. The van der Waals surface area contributed by atoms with Crippen molar-refractivity contribution in [3.05, 3.63) is 47.2 Å². The van der Waals surface area contributed by atoms with E-state index in [0.29, 0.717) is 24.2 Å². The highest BCUT2D eigenvalue weighted by Crippen LogP contribution is 2.22. The maximum Gasteiger partial charge on any atom is 0.259 e. The molecule has 0 saturated carbocycles. The third-order valence-electron chi connectivity index (χ3n) is 3.97. The number of thiol groups is 1. The average molecular weight is 347 g/mol. The van der Waals surface area contributed by atoms with E-state index in [-0.39, 0.29) is 18.2 Å². The number of nitrogens with zero attached hydrogens (tertiary/aromatic N) is 1. The predicted octanol–water partition coefficient (Wildman–Crippen LogP) is 1.71. The minimum Gasteiger partial charge on any atom is -0.301 e. The summed E-state index contributed by atoms with van der Waals surface area (Å²) in [5.74, 6) is -1.08. The summed E-state index contributed by atoms with van der Waals surface area (Å²) in [4.78, 5) is 37.9. The number of hydrogen-bond acceptors (Lipinski definition) is 5. The van der Waals surface area contributed by atoms with Gasteiger partial charge in [0.1, 0.15) is 6.04 Å². The van der Waals surface area contributed by atoms with Gasteiger partial charge >= 0.3 is 0 Å². The van der Waals surface area contributed by atoms with Crippen LogP contribution in [0.15, 0.2) is 30.5 Å². The second kappa shape index (κ2) is 7.63. The lowest BCUT2D eigenvalue weighted by atomic mass is 9.99. The number of nitrogens with one attached hydrogen (secondary N) is 2. The van der Waals surface area contributed by atoms with Crippen molar-refractivity contribution in [3.63, 3.8) is 0 Å². The number of carbonyl (C=O) groups excluding carboxylic acids is 3. The number of allylic oxidation sites excluding steroid dienone is 1. The quantitative estimate of drug-likeness (QED) is 0.560. The van der Waals surface area contributed by atoms with Crippen LogP contribution in [0.25, 0.3) is 0 Å². The van der Waals surface area contributed by atoms with Crippen LogP contribution in [0.4, 0.5) is 0 Å². The Kier molecular flexibility index (Phi) is 5.80. The second-order valence-electron chi connectivity index (χ2n) is 5.86. The first-order valence-electron chi connectivity index (χ1n) is 7.64. The summed E-state index contributed by atoms with van der Waals surface area (Å²) in [6.07, 6.45) is 0.496. The number of carbonyl (C=O) groups is 3. The number of imide groups is 1. The van der Waals surface area contributed by atoms with Crippen LogP contribution in [-0.2, 0) is 16.1 Å². The van der Waals surface area contributed by atoms with Crippen LogP contribution in [0, 0.1) is 6.92 Å². The molecule has 0 aliphatic carbocycles. The summed E-state index contributed by atoms with van der Waals surface area (Å²) >= 11 is 3.98. The zero-order valence-corrected chi connectivity index (χ0v) is 14.7. The molecular weight excluding hydrogens is 326 g/mol. The molecule has 1 aliphatic rings. The Morgan fingerprint density at radius 1 is 1.46 bits per heavy atom. The first-order valence-corrected chi connectivity index (χ1v) is 8.09. The SMILES string of the molecule is C=C(C)N(C(=O)c1cc(CNS)ccc1C)[C@H]1CCC(=O)NC1=O. The minimum atomic E-state index is -0.723. The molecule has 1 saturated heterocycles. The van der Waals surface area contributed by atoms with Crippen molar-refractivity contribution in [1.29, 1.82) is 0 Å². The summed E-state index contributed by atoms with van der Waals surface area (Å²) in [5.41, 5.74) is 2.68. The van der Waals surface area contributed by atoms with Gasteiger partial charge in [-0.25, -0.2) is 0 Å². The van der Waals surface area contributed by atoms with Gasteiger partial charge in [0.25, 0.3) is 5.91 Å². The molecule has 7 heteroatoms. The number of hydrogen-bond donors (Lipinski definition) is 3. The molecule has 0 unspecified atom stereocenters. The number of amides is 3. The van der Waals surface area contributed by atoms with E-state index in [0.717, 1.165) is 11.1 Å². The average Bonchev–Trinajstić information content (AvgIpc) is 2.51. The van der Waals surface area contributed by atoms with E-state index in [2.05, 4.69) is 29.4 Å².